The van der Waals surface area contributed by atoms with Crippen molar-refractivity contribution in [3.05, 3.63) is 35.9 Å². The van der Waals surface area contributed by atoms with Crippen LogP contribution in [0.15, 0.2) is 30.3 Å². The molecule has 102 valence electrons. The average Bonchev–Trinajstić information content (AvgIpc) is 2.36. The average molecular weight is 251 g/mol. The Labute approximate surface area is 110 Å². The predicted molar refractivity (Wildman–Crippen MR) is 74.6 cm³/mol. The standard InChI is InChI=1S/C15H25NO2/c1-15(2,13-18-10-9-17-3)12-16-11-14-7-5-4-6-8-14/h4-8,16H,9-13H2,1-3H3. The molecule has 0 spiro atoms. The van der Waals surface area contributed by atoms with Gasteiger partial charge in [0.15, 0.2) is 0 Å². The molecule has 0 fully saturated rings. The number of methoxy groups -OCH3 is 1. The maximum Gasteiger partial charge on any atom is 0.0700 e. The molecule has 0 saturated heterocycles. The molecule has 1 rings (SSSR count). The summed E-state index contributed by atoms with van der Waals surface area (Å²) < 4.78 is 10.5. The molecular formula is C15H25NO2. The quantitative estimate of drug-likeness (QED) is 0.684. The van der Waals surface area contributed by atoms with Crippen molar-refractivity contribution in [3.63, 3.8) is 0 Å². The second kappa shape index (κ2) is 8.25. The summed E-state index contributed by atoms with van der Waals surface area (Å²) in [7, 11) is 1.69. The topological polar surface area (TPSA) is 30.5 Å². The third-order valence-corrected chi connectivity index (χ3v) is 2.70. The minimum absolute atomic E-state index is 0.141. The van der Waals surface area contributed by atoms with Gasteiger partial charge in [-0.2, -0.15) is 0 Å². The van der Waals surface area contributed by atoms with E-state index in [1.54, 1.807) is 7.11 Å². The van der Waals surface area contributed by atoms with E-state index in [-0.39, 0.29) is 5.41 Å². The highest BCUT2D eigenvalue weighted by atomic mass is 16.5. The Bertz CT molecular complexity index is 312. The van der Waals surface area contributed by atoms with E-state index in [0.717, 1.165) is 19.7 Å². The molecule has 0 aliphatic carbocycles. The molecule has 0 aliphatic rings. The van der Waals surface area contributed by atoms with Crippen molar-refractivity contribution in [2.45, 2.75) is 20.4 Å². The molecule has 0 saturated carbocycles. The van der Waals surface area contributed by atoms with Gasteiger partial charge in [0.05, 0.1) is 19.8 Å². The number of hydrogen-bond acceptors (Lipinski definition) is 3. The minimum atomic E-state index is 0.141. The summed E-state index contributed by atoms with van der Waals surface area (Å²) in [6.45, 7) is 8.33. The van der Waals surface area contributed by atoms with Crippen LogP contribution in [0.1, 0.15) is 19.4 Å². The maximum absolute atomic E-state index is 5.58. The number of hydrogen-bond donors (Lipinski definition) is 1. The van der Waals surface area contributed by atoms with Gasteiger partial charge < -0.3 is 14.8 Å². The summed E-state index contributed by atoms with van der Waals surface area (Å²) in [5.74, 6) is 0. The maximum atomic E-state index is 5.58. The molecular weight excluding hydrogens is 226 g/mol. The van der Waals surface area contributed by atoms with Gasteiger partial charge in [0, 0.05) is 25.6 Å². The van der Waals surface area contributed by atoms with E-state index in [9.17, 15) is 0 Å². The van der Waals surface area contributed by atoms with Crippen LogP contribution in [0, 0.1) is 5.41 Å². The number of benzene rings is 1. The van der Waals surface area contributed by atoms with Gasteiger partial charge in [0.2, 0.25) is 0 Å². The molecule has 0 heterocycles. The molecule has 0 aliphatic heterocycles. The second-order valence-electron chi connectivity index (χ2n) is 5.30. The third kappa shape index (κ3) is 6.74. The van der Waals surface area contributed by atoms with Crippen LogP contribution in [0.25, 0.3) is 0 Å². The Morgan fingerprint density at radius 1 is 1.11 bits per heavy atom. The first-order valence-electron chi connectivity index (χ1n) is 6.45. The molecule has 18 heavy (non-hydrogen) atoms. The first-order chi connectivity index (χ1) is 8.64. The van der Waals surface area contributed by atoms with Crippen LogP contribution in [0.4, 0.5) is 0 Å². The molecule has 0 atom stereocenters. The zero-order valence-electron chi connectivity index (χ0n) is 11.7. The van der Waals surface area contributed by atoms with Gasteiger partial charge in [-0.25, -0.2) is 0 Å². The molecule has 1 aromatic carbocycles. The van der Waals surface area contributed by atoms with Crippen molar-refractivity contribution >= 4 is 0 Å². The van der Waals surface area contributed by atoms with Gasteiger partial charge in [-0.15, -0.1) is 0 Å². The molecule has 3 nitrogen and oxygen atoms in total. The highest BCUT2D eigenvalue weighted by Gasteiger charge is 2.17. The molecule has 0 bridgehead atoms. The Kier molecular flexibility index (Phi) is 6.94. The Balaban J connectivity index is 2.16. The summed E-state index contributed by atoms with van der Waals surface area (Å²) in [5.41, 5.74) is 1.45. The van der Waals surface area contributed by atoms with E-state index >= 15 is 0 Å². The van der Waals surface area contributed by atoms with E-state index in [2.05, 4.69) is 43.4 Å². The molecule has 1 N–H and O–H groups in total. The summed E-state index contributed by atoms with van der Waals surface area (Å²) in [4.78, 5) is 0. The third-order valence-electron chi connectivity index (χ3n) is 2.70. The van der Waals surface area contributed by atoms with Crippen LogP contribution in [0.3, 0.4) is 0 Å². The van der Waals surface area contributed by atoms with Gasteiger partial charge in [-0.3, -0.25) is 0 Å². The zero-order chi connectivity index (χ0) is 13.3. The highest BCUT2D eigenvalue weighted by Crippen LogP contribution is 2.14. The number of nitrogens with one attached hydrogen (secondary N) is 1. The zero-order valence-corrected chi connectivity index (χ0v) is 11.7. The fraction of sp³-hybridized carbons (Fsp3) is 0.600. The first kappa shape index (κ1) is 15.2. The van der Waals surface area contributed by atoms with Crippen molar-refractivity contribution in [1.82, 2.24) is 5.32 Å². The van der Waals surface area contributed by atoms with Crippen LogP contribution in [-0.4, -0.2) is 33.5 Å². The van der Waals surface area contributed by atoms with Gasteiger partial charge in [0.1, 0.15) is 0 Å². The number of ether oxygens (including phenoxy) is 2. The fourth-order valence-corrected chi connectivity index (χ4v) is 1.68. The van der Waals surface area contributed by atoms with Crippen LogP contribution < -0.4 is 5.32 Å². The Hall–Kier alpha value is -0.900. The van der Waals surface area contributed by atoms with Crippen molar-refractivity contribution in [3.8, 4) is 0 Å². The summed E-state index contributed by atoms with van der Waals surface area (Å²) in [6.07, 6.45) is 0. The van der Waals surface area contributed by atoms with Crippen molar-refractivity contribution in [2.75, 3.05) is 33.5 Å². The van der Waals surface area contributed by atoms with E-state index in [0.29, 0.717) is 13.2 Å². The van der Waals surface area contributed by atoms with Crippen LogP contribution in [0.2, 0.25) is 0 Å². The molecule has 1 aromatic rings. The van der Waals surface area contributed by atoms with E-state index in [1.165, 1.54) is 5.56 Å². The van der Waals surface area contributed by atoms with Crippen LogP contribution >= 0.6 is 0 Å². The lowest BCUT2D eigenvalue weighted by molar-refractivity contribution is 0.0279. The molecule has 0 amide bonds. The monoisotopic (exact) mass is 251 g/mol. The second-order valence-corrected chi connectivity index (χ2v) is 5.30. The van der Waals surface area contributed by atoms with Crippen molar-refractivity contribution in [1.29, 1.82) is 0 Å². The molecule has 0 radical (unpaired) electrons. The van der Waals surface area contributed by atoms with E-state index < -0.39 is 0 Å². The van der Waals surface area contributed by atoms with Gasteiger partial charge >= 0.3 is 0 Å². The molecule has 0 aromatic heterocycles. The van der Waals surface area contributed by atoms with Crippen molar-refractivity contribution in [2.24, 2.45) is 5.41 Å². The fourth-order valence-electron chi connectivity index (χ4n) is 1.68. The van der Waals surface area contributed by atoms with Gasteiger partial charge in [-0.05, 0) is 5.56 Å². The van der Waals surface area contributed by atoms with Gasteiger partial charge in [0.25, 0.3) is 0 Å². The molecule has 3 heteroatoms. The van der Waals surface area contributed by atoms with Crippen molar-refractivity contribution < 1.29 is 9.47 Å². The Morgan fingerprint density at radius 2 is 1.83 bits per heavy atom. The lowest BCUT2D eigenvalue weighted by Gasteiger charge is -2.25. The van der Waals surface area contributed by atoms with E-state index in [4.69, 9.17) is 9.47 Å². The van der Waals surface area contributed by atoms with Crippen LogP contribution in [-0.2, 0) is 16.0 Å². The predicted octanol–water partition coefficient (Wildman–Crippen LogP) is 2.47. The van der Waals surface area contributed by atoms with Gasteiger partial charge in [-0.1, -0.05) is 44.2 Å². The largest absolute Gasteiger partial charge is 0.382 e. The number of rotatable bonds is 9. The summed E-state index contributed by atoms with van der Waals surface area (Å²) in [5, 5.41) is 3.47. The minimum Gasteiger partial charge on any atom is -0.382 e. The highest BCUT2D eigenvalue weighted by molar-refractivity contribution is 5.14. The Morgan fingerprint density at radius 3 is 2.50 bits per heavy atom. The lowest BCUT2D eigenvalue weighted by Crippen LogP contribution is -2.33. The lowest BCUT2D eigenvalue weighted by atomic mass is 9.95. The summed E-state index contributed by atoms with van der Waals surface area (Å²) >= 11 is 0. The SMILES string of the molecule is COCCOCC(C)(C)CNCc1ccccc1. The van der Waals surface area contributed by atoms with Crippen LogP contribution in [0.5, 0.6) is 0 Å². The first-order valence-corrected chi connectivity index (χ1v) is 6.45. The normalized spacial score (nSPS) is 11.7. The molecule has 0 unspecified atom stereocenters. The summed E-state index contributed by atoms with van der Waals surface area (Å²) in [6, 6.07) is 10.4. The smallest absolute Gasteiger partial charge is 0.0700 e. The van der Waals surface area contributed by atoms with E-state index in [1.807, 2.05) is 6.07 Å².